The van der Waals surface area contributed by atoms with Gasteiger partial charge in [-0.15, -0.1) is 0 Å². The maximum atomic E-state index is 5.13. The van der Waals surface area contributed by atoms with Gasteiger partial charge in [-0.05, 0) is 49.8 Å². The number of nitrogens with zero attached hydrogens (tertiary/aromatic N) is 4. The monoisotopic (exact) mass is 455 g/mol. The van der Waals surface area contributed by atoms with Crippen molar-refractivity contribution in [1.82, 2.24) is 19.8 Å². The van der Waals surface area contributed by atoms with Crippen molar-refractivity contribution >= 4 is 17.0 Å². The summed E-state index contributed by atoms with van der Waals surface area (Å²) in [5.41, 5.74) is 3.93. The Morgan fingerprint density at radius 1 is 0.853 bits per heavy atom. The van der Waals surface area contributed by atoms with E-state index in [0.717, 1.165) is 44.8 Å². The van der Waals surface area contributed by atoms with Gasteiger partial charge < -0.3 is 14.8 Å². The highest BCUT2D eigenvalue weighted by molar-refractivity contribution is 5.79. The largest absolute Gasteiger partial charge is 0.340 e. The highest BCUT2D eigenvalue weighted by atomic mass is 15.3. The number of hydrogen-bond acceptors (Lipinski definition) is 4. The average Bonchev–Trinajstić information content (AvgIpc) is 3.12. The Morgan fingerprint density at radius 2 is 1.62 bits per heavy atom. The molecule has 0 amide bonds. The van der Waals surface area contributed by atoms with Gasteiger partial charge in [0.25, 0.3) is 0 Å². The highest BCUT2D eigenvalue weighted by Crippen LogP contribution is 2.42. The number of piperazine rings is 1. The van der Waals surface area contributed by atoms with Crippen LogP contribution in [0.1, 0.15) is 50.1 Å². The van der Waals surface area contributed by atoms with E-state index in [0.29, 0.717) is 6.04 Å². The number of nitrogens with one attached hydrogen (secondary N) is 1. The quantitative estimate of drug-likeness (QED) is 0.555. The molecule has 2 saturated heterocycles. The number of hydrogen-bond donors (Lipinski definition) is 1. The van der Waals surface area contributed by atoms with Crippen molar-refractivity contribution in [2.75, 3.05) is 44.2 Å². The molecule has 1 N–H and O–H groups in total. The number of likely N-dealkylation sites (tertiary alicyclic amines) is 1. The molecule has 3 heterocycles. The number of imidazole rings is 1. The Morgan fingerprint density at radius 3 is 2.44 bits per heavy atom. The molecular weight excluding hydrogens is 418 g/mol. The fraction of sp³-hybridized carbons (Fsp3) is 0.483. The molecule has 3 aliphatic rings. The van der Waals surface area contributed by atoms with Crippen LogP contribution < -0.4 is 10.2 Å². The van der Waals surface area contributed by atoms with Crippen LogP contribution in [0.4, 0.5) is 5.95 Å². The normalized spacial score (nSPS) is 25.0. The number of fused-ring (bicyclic) bond motifs is 1. The van der Waals surface area contributed by atoms with Crippen LogP contribution in [0.3, 0.4) is 0 Å². The molecule has 1 aromatic heterocycles. The van der Waals surface area contributed by atoms with Gasteiger partial charge in [0.2, 0.25) is 5.95 Å². The zero-order valence-corrected chi connectivity index (χ0v) is 20.2. The van der Waals surface area contributed by atoms with E-state index in [4.69, 9.17) is 4.98 Å². The minimum atomic E-state index is 0.0428. The minimum Gasteiger partial charge on any atom is -0.340 e. The first-order valence-corrected chi connectivity index (χ1v) is 13.3. The summed E-state index contributed by atoms with van der Waals surface area (Å²) in [7, 11) is 0. The molecule has 2 aliphatic heterocycles. The number of para-hydroxylation sites is 2. The van der Waals surface area contributed by atoms with Crippen LogP contribution in [0.5, 0.6) is 0 Å². The lowest BCUT2D eigenvalue weighted by atomic mass is 9.82. The number of piperidine rings is 1. The van der Waals surface area contributed by atoms with Crippen LogP contribution in [-0.4, -0.2) is 53.7 Å². The van der Waals surface area contributed by atoms with Gasteiger partial charge in [-0.1, -0.05) is 61.0 Å². The summed E-state index contributed by atoms with van der Waals surface area (Å²) in [6.45, 7) is 6.38. The average molecular weight is 456 g/mol. The van der Waals surface area contributed by atoms with E-state index >= 15 is 0 Å². The van der Waals surface area contributed by atoms with E-state index in [9.17, 15) is 0 Å². The fourth-order valence-corrected chi connectivity index (χ4v) is 6.43. The first kappa shape index (κ1) is 21.9. The minimum absolute atomic E-state index is 0.0428. The van der Waals surface area contributed by atoms with Crippen molar-refractivity contribution in [3.63, 3.8) is 0 Å². The van der Waals surface area contributed by atoms with E-state index in [2.05, 4.69) is 86.4 Å². The van der Waals surface area contributed by atoms with E-state index in [1.165, 1.54) is 55.6 Å². The van der Waals surface area contributed by atoms with Gasteiger partial charge in [-0.3, -0.25) is 4.90 Å². The van der Waals surface area contributed by atoms with Crippen LogP contribution in [0.2, 0.25) is 0 Å². The van der Waals surface area contributed by atoms with Crippen molar-refractivity contribution < 1.29 is 0 Å². The molecule has 1 atom stereocenters. The Balaban J connectivity index is 1.30. The first-order valence-electron chi connectivity index (χ1n) is 13.3. The third-order valence-electron chi connectivity index (χ3n) is 8.22. The zero-order chi connectivity index (χ0) is 22.8. The summed E-state index contributed by atoms with van der Waals surface area (Å²) in [6, 6.07) is 20.5. The molecule has 5 heteroatoms. The van der Waals surface area contributed by atoms with Crippen molar-refractivity contribution in [1.29, 1.82) is 0 Å². The molecule has 1 unspecified atom stereocenters. The van der Waals surface area contributed by atoms with Crippen LogP contribution >= 0.6 is 0 Å². The summed E-state index contributed by atoms with van der Waals surface area (Å²) >= 11 is 0. The molecule has 3 aromatic rings. The van der Waals surface area contributed by atoms with Gasteiger partial charge in [-0.2, -0.15) is 0 Å². The summed E-state index contributed by atoms with van der Waals surface area (Å²) in [4.78, 5) is 10.4. The third-order valence-corrected chi connectivity index (χ3v) is 8.22. The van der Waals surface area contributed by atoms with Gasteiger partial charge in [-0.25, -0.2) is 4.98 Å². The van der Waals surface area contributed by atoms with Crippen LogP contribution in [0.25, 0.3) is 11.0 Å². The highest BCUT2D eigenvalue weighted by Gasteiger charge is 2.39. The Hall–Kier alpha value is -2.63. The van der Waals surface area contributed by atoms with E-state index in [1.54, 1.807) is 0 Å². The maximum absolute atomic E-state index is 5.13. The van der Waals surface area contributed by atoms with E-state index in [1.807, 2.05) is 0 Å². The van der Waals surface area contributed by atoms with Gasteiger partial charge in [0, 0.05) is 45.3 Å². The number of rotatable bonds is 4. The second kappa shape index (κ2) is 9.55. The van der Waals surface area contributed by atoms with Gasteiger partial charge in [0.1, 0.15) is 0 Å². The Bertz CT molecular complexity index is 1120. The molecule has 2 aromatic carbocycles. The van der Waals surface area contributed by atoms with E-state index < -0.39 is 0 Å². The van der Waals surface area contributed by atoms with Gasteiger partial charge >= 0.3 is 0 Å². The lowest BCUT2D eigenvalue weighted by Crippen LogP contribution is -2.49. The number of benzene rings is 2. The molecular formula is C29H37N5. The number of anilines is 1. The molecule has 0 saturated carbocycles. The lowest BCUT2D eigenvalue weighted by molar-refractivity contribution is 0.0765. The summed E-state index contributed by atoms with van der Waals surface area (Å²) < 4.78 is 2.58. The van der Waals surface area contributed by atoms with Crippen molar-refractivity contribution in [2.45, 2.75) is 50.1 Å². The number of allylic oxidation sites excluding steroid dienone is 1. The Kier molecular flexibility index (Phi) is 6.15. The van der Waals surface area contributed by atoms with Crippen molar-refractivity contribution in [3.05, 3.63) is 72.3 Å². The molecule has 2 fully saturated rings. The maximum Gasteiger partial charge on any atom is 0.206 e. The molecule has 0 bridgehead atoms. The van der Waals surface area contributed by atoms with Crippen LogP contribution in [-0.2, 0) is 5.54 Å². The lowest BCUT2D eigenvalue weighted by Gasteiger charge is -2.46. The first-order chi connectivity index (χ1) is 16.9. The fourth-order valence-electron chi connectivity index (χ4n) is 6.43. The van der Waals surface area contributed by atoms with E-state index in [-0.39, 0.29) is 5.54 Å². The van der Waals surface area contributed by atoms with Gasteiger partial charge in [0.05, 0.1) is 16.6 Å². The molecule has 1 aliphatic carbocycles. The topological polar surface area (TPSA) is 36.3 Å². The molecule has 0 spiro atoms. The second-order valence-electron chi connectivity index (χ2n) is 10.2. The van der Waals surface area contributed by atoms with Crippen LogP contribution in [0, 0.1) is 0 Å². The van der Waals surface area contributed by atoms with Crippen LogP contribution in [0.15, 0.2) is 66.7 Å². The van der Waals surface area contributed by atoms with Gasteiger partial charge in [0.15, 0.2) is 0 Å². The smallest absolute Gasteiger partial charge is 0.206 e. The number of aromatic nitrogens is 2. The summed E-state index contributed by atoms with van der Waals surface area (Å²) in [5, 5.41) is 3.49. The SMILES string of the molecule is C1=CC(c2ccccc2)(N2CCC(n3c(N4CCNCC4)nc4ccccc43)CC2)CCCC1. The summed E-state index contributed by atoms with van der Waals surface area (Å²) in [6.07, 6.45) is 12.3. The second-order valence-corrected chi connectivity index (χ2v) is 10.2. The zero-order valence-electron chi connectivity index (χ0n) is 20.2. The predicted molar refractivity (Wildman–Crippen MR) is 140 cm³/mol. The van der Waals surface area contributed by atoms with Crippen molar-refractivity contribution in [3.8, 4) is 0 Å². The van der Waals surface area contributed by atoms with Crippen molar-refractivity contribution in [2.24, 2.45) is 0 Å². The molecule has 0 radical (unpaired) electrons. The third kappa shape index (κ3) is 3.95. The standard InChI is InChI=1S/C29H37N5/c1-2-9-17-29(16-8-1,24-10-4-3-5-11-24)33-20-14-25(15-21-33)34-27-13-7-6-12-26(27)31-28(34)32-22-18-30-19-23-32/h3-8,10-13,16,25,30H,1-2,9,14-15,17-23H2. The molecule has 178 valence electrons. The predicted octanol–water partition coefficient (Wildman–Crippen LogP) is 5.11. The molecule has 34 heavy (non-hydrogen) atoms. The molecule has 6 rings (SSSR count). The Labute approximate surface area is 203 Å². The summed E-state index contributed by atoms with van der Waals surface area (Å²) in [5.74, 6) is 1.17. The molecule has 5 nitrogen and oxygen atoms in total.